The van der Waals surface area contributed by atoms with Crippen molar-refractivity contribution in [2.75, 3.05) is 24.5 Å². The van der Waals surface area contributed by atoms with E-state index >= 15 is 0 Å². The molecule has 10 nitrogen and oxygen atoms in total. The van der Waals surface area contributed by atoms with Crippen molar-refractivity contribution in [3.63, 3.8) is 0 Å². The minimum Gasteiger partial charge on any atom is -0.386 e. The highest BCUT2D eigenvalue weighted by Gasteiger charge is 2.43. The number of amides is 3. The highest BCUT2D eigenvalue weighted by molar-refractivity contribution is 6.13. The van der Waals surface area contributed by atoms with E-state index in [2.05, 4.69) is 21.9 Å². The quantitative estimate of drug-likeness (QED) is 0.240. The number of nitrogens with two attached hydrogens (primary N) is 1. The number of hydrogen-bond donors (Lipinski definition) is 2. The lowest BCUT2D eigenvalue weighted by molar-refractivity contribution is -0.202. The first-order valence-corrected chi connectivity index (χ1v) is 13.2. The number of esters is 2. The average Bonchev–Trinajstić information content (AvgIpc) is 3.11. The van der Waals surface area contributed by atoms with Crippen LogP contribution in [0.25, 0.3) is 0 Å². The number of hydrogen-bond acceptors (Lipinski definition) is 7. The molecule has 0 fully saturated rings. The third kappa shape index (κ3) is 7.47. The van der Waals surface area contributed by atoms with Crippen molar-refractivity contribution in [3.05, 3.63) is 95.6 Å². The van der Waals surface area contributed by atoms with Gasteiger partial charge in [0.15, 0.2) is 0 Å². The van der Waals surface area contributed by atoms with Gasteiger partial charge in [0.25, 0.3) is 17.7 Å². The number of nitrogens with zero attached hydrogens (tertiary/aromatic N) is 2. The molecule has 3 aromatic rings. The standard InChI is InChI=1S/C31H25F3N4O6/c32-31(33,34)30(43)44-28(41)18-25(21-7-3-1-4-8-21)37-19-27(40)38(22-9-5-2-6-10-22)24-13-11-20(17-23(24)29(37)42)12-14-26(39)36-16-15-35/h1-11,13,17,25H,15-16,18-19,35H2,(H,36,39). The number of carbonyl (C=O) groups is 5. The lowest BCUT2D eigenvalue weighted by Gasteiger charge is -2.30. The highest BCUT2D eigenvalue weighted by Crippen LogP contribution is 2.36. The molecule has 0 aromatic heterocycles. The van der Waals surface area contributed by atoms with E-state index in [-0.39, 0.29) is 29.9 Å². The largest absolute Gasteiger partial charge is 0.491 e. The predicted molar refractivity (Wildman–Crippen MR) is 151 cm³/mol. The molecule has 1 aliphatic rings. The molecular formula is C31H25F3N4O6. The first-order valence-electron chi connectivity index (χ1n) is 13.2. The van der Waals surface area contributed by atoms with Crippen LogP contribution in [0.2, 0.25) is 0 Å². The monoisotopic (exact) mass is 606 g/mol. The predicted octanol–water partition coefficient (Wildman–Crippen LogP) is 3.00. The maximum Gasteiger partial charge on any atom is 0.491 e. The van der Waals surface area contributed by atoms with Gasteiger partial charge in [-0.25, -0.2) is 4.79 Å². The minimum atomic E-state index is -5.42. The van der Waals surface area contributed by atoms with Crippen LogP contribution < -0.4 is 16.0 Å². The molecular weight excluding hydrogens is 581 g/mol. The van der Waals surface area contributed by atoms with Gasteiger partial charge in [-0.15, -0.1) is 0 Å². The van der Waals surface area contributed by atoms with Gasteiger partial charge in [0, 0.05) is 30.3 Å². The van der Waals surface area contributed by atoms with Crippen molar-refractivity contribution in [2.24, 2.45) is 5.73 Å². The summed E-state index contributed by atoms with van der Waals surface area (Å²) in [7, 11) is 0. The molecule has 0 saturated carbocycles. The third-order valence-electron chi connectivity index (χ3n) is 6.41. The second kappa shape index (κ2) is 13.7. The van der Waals surface area contributed by atoms with Gasteiger partial charge in [-0.2, -0.15) is 13.2 Å². The minimum absolute atomic E-state index is 0.0328. The van der Waals surface area contributed by atoms with Crippen molar-refractivity contribution in [1.82, 2.24) is 10.2 Å². The fourth-order valence-corrected chi connectivity index (χ4v) is 4.47. The van der Waals surface area contributed by atoms with Crippen molar-refractivity contribution in [3.8, 4) is 11.8 Å². The second-order valence-electron chi connectivity index (χ2n) is 9.41. The summed E-state index contributed by atoms with van der Waals surface area (Å²) in [5.41, 5.74) is 6.48. The fourth-order valence-electron chi connectivity index (χ4n) is 4.47. The molecule has 0 radical (unpaired) electrons. The first kappa shape index (κ1) is 31.5. The van der Waals surface area contributed by atoms with Gasteiger partial charge in [-0.1, -0.05) is 54.5 Å². The maximum atomic E-state index is 14.2. The molecule has 13 heteroatoms. The number of ether oxygens (including phenoxy) is 1. The third-order valence-corrected chi connectivity index (χ3v) is 6.41. The number of benzene rings is 3. The van der Waals surface area contributed by atoms with Crippen LogP contribution in [0, 0.1) is 11.8 Å². The van der Waals surface area contributed by atoms with E-state index in [0.717, 1.165) is 4.90 Å². The van der Waals surface area contributed by atoms with Gasteiger partial charge in [-0.3, -0.25) is 24.1 Å². The van der Waals surface area contributed by atoms with Gasteiger partial charge in [0.1, 0.15) is 6.54 Å². The van der Waals surface area contributed by atoms with Crippen LogP contribution in [0.1, 0.15) is 33.9 Å². The maximum absolute atomic E-state index is 14.2. The zero-order valence-corrected chi connectivity index (χ0v) is 23.0. The first-order chi connectivity index (χ1) is 21.0. The van der Waals surface area contributed by atoms with Crippen LogP contribution in [0.15, 0.2) is 78.9 Å². The molecule has 3 N–H and O–H groups in total. The van der Waals surface area contributed by atoms with Crippen LogP contribution in [0.4, 0.5) is 24.5 Å². The Kier molecular flexibility index (Phi) is 9.77. The number of rotatable bonds is 7. The van der Waals surface area contributed by atoms with Gasteiger partial charge in [0.05, 0.1) is 23.7 Å². The second-order valence-corrected chi connectivity index (χ2v) is 9.41. The molecule has 0 aliphatic carbocycles. The van der Waals surface area contributed by atoms with Crippen molar-refractivity contribution < 1.29 is 41.9 Å². The van der Waals surface area contributed by atoms with Crippen molar-refractivity contribution in [2.45, 2.75) is 18.6 Å². The molecule has 0 spiro atoms. The van der Waals surface area contributed by atoms with E-state index in [1.54, 1.807) is 48.5 Å². The summed E-state index contributed by atoms with van der Waals surface area (Å²) in [6, 6.07) is 19.3. The van der Waals surface area contributed by atoms with Crippen LogP contribution >= 0.6 is 0 Å². The zero-order valence-electron chi connectivity index (χ0n) is 23.0. The van der Waals surface area contributed by atoms with Crippen LogP contribution in [0.3, 0.4) is 0 Å². The summed E-state index contributed by atoms with van der Waals surface area (Å²) in [6.45, 7) is -0.178. The van der Waals surface area contributed by atoms with E-state index in [0.29, 0.717) is 11.3 Å². The van der Waals surface area contributed by atoms with Crippen molar-refractivity contribution >= 4 is 41.0 Å². The number of alkyl halides is 3. The van der Waals surface area contributed by atoms with Gasteiger partial charge < -0.3 is 20.7 Å². The number of fused-ring (bicyclic) bond motifs is 1. The SMILES string of the molecule is NCCNC(=O)C#Cc1ccc2c(c1)C(=O)N(C(CC(=O)OC(=O)C(F)(F)F)c1ccccc1)CC(=O)N2c1ccccc1. The fraction of sp³-hybridized carbons (Fsp3) is 0.194. The Morgan fingerprint density at radius 1 is 0.977 bits per heavy atom. The van der Waals surface area contributed by atoms with Gasteiger partial charge >= 0.3 is 18.1 Å². The Morgan fingerprint density at radius 3 is 2.27 bits per heavy atom. The van der Waals surface area contributed by atoms with Crippen molar-refractivity contribution in [1.29, 1.82) is 0 Å². The zero-order chi connectivity index (χ0) is 31.9. The molecule has 4 rings (SSSR count). The molecule has 3 amide bonds. The Morgan fingerprint density at radius 2 is 1.64 bits per heavy atom. The van der Waals surface area contributed by atoms with E-state index in [9.17, 15) is 37.1 Å². The molecule has 0 bridgehead atoms. The number of halogens is 3. The number of nitrogens with one attached hydrogen (secondary N) is 1. The van der Waals surface area contributed by atoms with Crippen LogP contribution in [-0.2, 0) is 23.9 Å². The normalized spacial score (nSPS) is 13.6. The highest BCUT2D eigenvalue weighted by atomic mass is 19.4. The summed E-state index contributed by atoms with van der Waals surface area (Å²) < 4.78 is 42.4. The molecule has 226 valence electrons. The van der Waals surface area contributed by atoms with E-state index in [1.807, 2.05) is 0 Å². The summed E-state index contributed by atoms with van der Waals surface area (Å²) in [4.78, 5) is 66.2. The van der Waals surface area contributed by atoms with E-state index in [4.69, 9.17) is 5.73 Å². The van der Waals surface area contributed by atoms with Gasteiger partial charge in [0.2, 0.25) is 0 Å². The molecule has 44 heavy (non-hydrogen) atoms. The summed E-state index contributed by atoms with van der Waals surface area (Å²) >= 11 is 0. The van der Waals surface area contributed by atoms with Crippen LogP contribution in [0.5, 0.6) is 0 Å². The molecule has 1 atom stereocenters. The molecule has 1 aliphatic heterocycles. The Labute approximate surface area is 249 Å². The molecule has 3 aromatic carbocycles. The number of para-hydroxylation sites is 1. The molecule has 1 heterocycles. The molecule has 0 saturated heterocycles. The summed E-state index contributed by atoms with van der Waals surface area (Å²) in [5, 5.41) is 2.50. The molecule has 1 unspecified atom stereocenters. The number of anilines is 2. The topological polar surface area (TPSA) is 139 Å². The summed E-state index contributed by atoms with van der Waals surface area (Å²) in [6.07, 6.45) is -6.29. The van der Waals surface area contributed by atoms with Gasteiger partial charge in [-0.05, 0) is 35.9 Å². The van der Waals surface area contributed by atoms with E-state index < -0.39 is 54.8 Å². The summed E-state index contributed by atoms with van der Waals surface area (Å²) in [5.74, 6) is -1.15. The smallest absolute Gasteiger partial charge is 0.386 e. The lowest BCUT2D eigenvalue weighted by Crippen LogP contribution is -2.41. The average molecular weight is 607 g/mol. The lowest BCUT2D eigenvalue weighted by atomic mass is 10.00. The van der Waals surface area contributed by atoms with E-state index in [1.165, 1.54) is 35.2 Å². The van der Waals surface area contributed by atoms with Crippen LogP contribution in [-0.4, -0.2) is 60.4 Å². The Balaban J connectivity index is 1.80. The Hall–Kier alpha value is -5.48. The number of carbonyl (C=O) groups excluding carboxylic acids is 5. The Bertz CT molecular complexity index is 1630.